The van der Waals surface area contributed by atoms with Crippen LogP contribution in [0.3, 0.4) is 0 Å². The number of hydrogen-bond acceptors (Lipinski definition) is 3. The van der Waals surface area contributed by atoms with E-state index in [0.717, 1.165) is 49.8 Å². The number of carbonyl (C=O) groups excluding carboxylic acids is 1. The van der Waals surface area contributed by atoms with Crippen LogP contribution in [0.2, 0.25) is 0 Å². The first-order chi connectivity index (χ1) is 10.2. The lowest BCUT2D eigenvalue weighted by molar-refractivity contribution is -0.126. The van der Waals surface area contributed by atoms with Crippen molar-refractivity contribution >= 4 is 18.3 Å². The molecule has 1 heterocycles. The molecule has 122 valence electrons. The molecular weight excluding hydrogens is 302 g/mol. The molecule has 5 nitrogen and oxygen atoms in total. The minimum atomic E-state index is -0.0697. The average Bonchev–Trinajstić information content (AvgIpc) is 2.95. The van der Waals surface area contributed by atoms with Crippen LogP contribution in [0.4, 0.5) is 0 Å². The molecule has 1 unspecified atom stereocenters. The lowest BCUT2D eigenvalue weighted by atomic mass is 9.89. The summed E-state index contributed by atoms with van der Waals surface area (Å²) in [4.78, 5) is 26.8. The number of carbonyl (C=O) groups is 1. The first-order valence-corrected chi connectivity index (χ1v) is 7.91. The van der Waals surface area contributed by atoms with Crippen molar-refractivity contribution in [1.29, 1.82) is 0 Å². The quantitative estimate of drug-likeness (QED) is 0.789. The molecule has 4 N–H and O–H groups in total. The van der Waals surface area contributed by atoms with Gasteiger partial charge in [0.2, 0.25) is 11.5 Å². The minimum Gasteiger partial charge on any atom is -0.349 e. The molecule has 0 bridgehead atoms. The fraction of sp³-hybridized carbons (Fsp3) is 0.625. The summed E-state index contributed by atoms with van der Waals surface area (Å²) in [5, 5.41) is 3.18. The predicted molar refractivity (Wildman–Crippen MR) is 88.0 cm³/mol. The molecule has 0 radical (unpaired) electrons. The van der Waals surface area contributed by atoms with Gasteiger partial charge in [-0.05, 0) is 56.2 Å². The molecule has 3 rings (SSSR count). The Morgan fingerprint density at radius 2 is 2.09 bits per heavy atom. The second-order valence-corrected chi connectivity index (χ2v) is 6.24. The van der Waals surface area contributed by atoms with Gasteiger partial charge in [0, 0.05) is 17.7 Å². The number of aryl methyl sites for hydroxylation is 1. The topological polar surface area (TPSA) is 88.0 Å². The van der Waals surface area contributed by atoms with E-state index in [1.54, 1.807) is 6.07 Å². The van der Waals surface area contributed by atoms with E-state index in [1.165, 1.54) is 0 Å². The van der Waals surface area contributed by atoms with Crippen LogP contribution in [-0.2, 0) is 11.2 Å². The number of fused-ring (bicyclic) bond motifs is 1. The third-order valence-electron chi connectivity index (χ3n) is 4.95. The molecule has 2 aliphatic rings. The van der Waals surface area contributed by atoms with Crippen LogP contribution >= 0.6 is 12.4 Å². The van der Waals surface area contributed by atoms with E-state index >= 15 is 0 Å². The number of aromatic amines is 1. The number of pyridine rings is 1. The third-order valence-corrected chi connectivity index (χ3v) is 4.95. The van der Waals surface area contributed by atoms with Crippen molar-refractivity contribution in [1.82, 2.24) is 10.3 Å². The highest BCUT2D eigenvalue weighted by molar-refractivity contribution is 5.85. The number of aromatic nitrogens is 1. The molecule has 6 heteroatoms. The summed E-state index contributed by atoms with van der Waals surface area (Å²) in [6.07, 6.45) is 5.90. The molecule has 22 heavy (non-hydrogen) atoms. The molecule has 1 fully saturated rings. The molecule has 0 aliphatic heterocycles. The molecular formula is C16H24ClN3O2. The summed E-state index contributed by atoms with van der Waals surface area (Å²) in [5.41, 5.74) is 7.74. The number of halogens is 1. The molecule has 0 aromatic carbocycles. The van der Waals surface area contributed by atoms with E-state index in [0.29, 0.717) is 12.5 Å². The largest absolute Gasteiger partial charge is 0.349 e. The van der Waals surface area contributed by atoms with Gasteiger partial charge in [-0.2, -0.15) is 0 Å². The predicted octanol–water partition coefficient (Wildman–Crippen LogP) is 1.67. The van der Waals surface area contributed by atoms with Gasteiger partial charge in [0.1, 0.15) is 0 Å². The Morgan fingerprint density at radius 3 is 2.86 bits per heavy atom. The number of nitrogens with one attached hydrogen (secondary N) is 2. The van der Waals surface area contributed by atoms with Crippen molar-refractivity contribution in [3.05, 3.63) is 33.7 Å². The first-order valence-electron chi connectivity index (χ1n) is 7.91. The Balaban J connectivity index is 0.00000176. The molecule has 2 aliphatic carbocycles. The standard InChI is InChI=1S/C16H23N3O2.ClH/c17-9-10-3-1-4-11(10)16(21)19-14-6-2-5-13-12(14)7-8-15(20)18-13;/h7-8,10-11,14H,1-6,9,17H2,(H,18,20)(H,19,21);1H/t10-,11-,14?;/m1./s1. The molecule has 1 aromatic rings. The second kappa shape index (κ2) is 7.29. The van der Waals surface area contributed by atoms with Gasteiger partial charge in [0.25, 0.3) is 0 Å². The Labute approximate surface area is 136 Å². The molecule has 3 atom stereocenters. The van der Waals surface area contributed by atoms with Crippen LogP contribution in [0.1, 0.15) is 49.4 Å². The monoisotopic (exact) mass is 325 g/mol. The zero-order valence-electron chi connectivity index (χ0n) is 12.6. The molecule has 1 aromatic heterocycles. The summed E-state index contributed by atoms with van der Waals surface area (Å²) in [5.74, 6) is 0.513. The minimum absolute atomic E-state index is 0. The Hall–Kier alpha value is -1.33. The lowest BCUT2D eigenvalue weighted by Gasteiger charge is -2.28. The van der Waals surface area contributed by atoms with Crippen LogP contribution in [0.15, 0.2) is 16.9 Å². The van der Waals surface area contributed by atoms with Gasteiger partial charge in [0.05, 0.1) is 6.04 Å². The van der Waals surface area contributed by atoms with Gasteiger partial charge in [-0.3, -0.25) is 9.59 Å². The van der Waals surface area contributed by atoms with Gasteiger partial charge in [-0.25, -0.2) is 0 Å². The van der Waals surface area contributed by atoms with Crippen LogP contribution in [-0.4, -0.2) is 17.4 Å². The van der Waals surface area contributed by atoms with E-state index in [4.69, 9.17) is 5.73 Å². The summed E-state index contributed by atoms with van der Waals surface area (Å²) < 4.78 is 0. The van der Waals surface area contributed by atoms with E-state index in [1.807, 2.05) is 6.07 Å². The summed E-state index contributed by atoms with van der Waals surface area (Å²) in [6, 6.07) is 3.42. The maximum atomic E-state index is 12.5. The van der Waals surface area contributed by atoms with Crippen LogP contribution in [0, 0.1) is 11.8 Å². The fourth-order valence-electron chi connectivity index (χ4n) is 3.79. The van der Waals surface area contributed by atoms with E-state index < -0.39 is 0 Å². The zero-order valence-corrected chi connectivity index (χ0v) is 13.5. The molecule has 0 saturated heterocycles. The maximum Gasteiger partial charge on any atom is 0.248 e. The van der Waals surface area contributed by atoms with Crippen molar-refractivity contribution in [2.24, 2.45) is 17.6 Å². The Morgan fingerprint density at radius 1 is 1.27 bits per heavy atom. The van der Waals surface area contributed by atoms with Gasteiger partial charge in [-0.1, -0.05) is 6.42 Å². The average molecular weight is 326 g/mol. The second-order valence-electron chi connectivity index (χ2n) is 6.24. The summed E-state index contributed by atoms with van der Waals surface area (Å²) in [7, 11) is 0. The molecule has 1 saturated carbocycles. The smallest absolute Gasteiger partial charge is 0.248 e. The number of rotatable bonds is 3. The zero-order chi connectivity index (χ0) is 14.8. The first kappa shape index (κ1) is 17.0. The molecule has 0 spiro atoms. The van der Waals surface area contributed by atoms with Crippen molar-refractivity contribution in [3.63, 3.8) is 0 Å². The summed E-state index contributed by atoms with van der Waals surface area (Å²) in [6.45, 7) is 0.590. The van der Waals surface area contributed by atoms with Crippen LogP contribution < -0.4 is 16.6 Å². The van der Waals surface area contributed by atoms with Crippen molar-refractivity contribution in [3.8, 4) is 0 Å². The fourth-order valence-corrected chi connectivity index (χ4v) is 3.79. The Bertz CT molecular complexity index is 587. The SMILES string of the molecule is Cl.NC[C@H]1CCC[C@H]1C(=O)NC1CCCc2[nH]c(=O)ccc21. The van der Waals surface area contributed by atoms with Gasteiger partial charge < -0.3 is 16.0 Å². The van der Waals surface area contributed by atoms with E-state index in [9.17, 15) is 9.59 Å². The highest BCUT2D eigenvalue weighted by atomic mass is 35.5. The van der Waals surface area contributed by atoms with Gasteiger partial charge in [-0.15, -0.1) is 12.4 Å². The van der Waals surface area contributed by atoms with E-state index in [-0.39, 0.29) is 35.8 Å². The van der Waals surface area contributed by atoms with Crippen molar-refractivity contribution in [2.75, 3.05) is 6.54 Å². The van der Waals surface area contributed by atoms with Crippen molar-refractivity contribution in [2.45, 2.75) is 44.6 Å². The van der Waals surface area contributed by atoms with Gasteiger partial charge in [0.15, 0.2) is 0 Å². The number of nitrogens with two attached hydrogens (primary N) is 1. The highest BCUT2D eigenvalue weighted by Crippen LogP contribution is 2.33. The maximum absolute atomic E-state index is 12.5. The van der Waals surface area contributed by atoms with Crippen LogP contribution in [0.25, 0.3) is 0 Å². The highest BCUT2D eigenvalue weighted by Gasteiger charge is 2.33. The lowest BCUT2D eigenvalue weighted by Crippen LogP contribution is -2.38. The number of amides is 1. The third kappa shape index (κ3) is 3.36. The number of H-pyrrole nitrogens is 1. The van der Waals surface area contributed by atoms with E-state index in [2.05, 4.69) is 10.3 Å². The Kier molecular flexibility index (Phi) is 5.64. The van der Waals surface area contributed by atoms with Gasteiger partial charge >= 0.3 is 0 Å². The normalized spacial score (nSPS) is 26.9. The molecule has 1 amide bonds. The summed E-state index contributed by atoms with van der Waals surface area (Å²) >= 11 is 0. The van der Waals surface area contributed by atoms with Crippen molar-refractivity contribution < 1.29 is 4.79 Å². The number of hydrogen-bond donors (Lipinski definition) is 3. The van der Waals surface area contributed by atoms with Crippen LogP contribution in [0.5, 0.6) is 0 Å².